The Hall–Kier alpha value is -2.10. The minimum atomic E-state index is -0.460. The molecule has 0 heterocycles. The lowest BCUT2D eigenvalue weighted by molar-refractivity contribution is -0.144. The van der Waals surface area contributed by atoms with Gasteiger partial charge in [-0.05, 0) is 24.5 Å². The molecule has 0 atom stereocenters. The highest BCUT2D eigenvalue weighted by molar-refractivity contribution is 6.01. The Labute approximate surface area is 119 Å². The molecule has 4 heteroatoms. The Morgan fingerprint density at radius 1 is 1.10 bits per heavy atom. The van der Waals surface area contributed by atoms with Gasteiger partial charge >= 0.3 is 11.9 Å². The number of benzene rings is 1. The van der Waals surface area contributed by atoms with Crippen LogP contribution in [0.15, 0.2) is 35.9 Å². The molecule has 1 aromatic rings. The summed E-state index contributed by atoms with van der Waals surface area (Å²) in [7, 11) is 1.30. The summed E-state index contributed by atoms with van der Waals surface area (Å²) in [5.74, 6) is -0.909. The molecule has 4 nitrogen and oxygen atoms in total. The highest BCUT2D eigenvalue weighted by atomic mass is 16.5. The maximum absolute atomic E-state index is 12.1. The molecule has 0 N–H and O–H groups in total. The minimum absolute atomic E-state index is 0.0760. The molecule has 108 valence electrons. The van der Waals surface area contributed by atoms with E-state index in [-0.39, 0.29) is 13.0 Å². The molecule has 0 unspecified atom stereocenters. The fourth-order valence-corrected chi connectivity index (χ4v) is 1.97. The zero-order valence-corrected chi connectivity index (χ0v) is 12.1. The second-order valence-corrected chi connectivity index (χ2v) is 4.15. The van der Waals surface area contributed by atoms with Crippen molar-refractivity contribution >= 4 is 17.5 Å². The van der Waals surface area contributed by atoms with E-state index in [0.29, 0.717) is 12.0 Å². The van der Waals surface area contributed by atoms with E-state index in [1.165, 1.54) is 7.11 Å². The molecule has 0 amide bonds. The Bertz CT molecular complexity index is 488. The van der Waals surface area contributed by atoms with Crippen molar-refractivity contribution in [2.45, 2.75) is 26.7 Å². The number of carbonyl (C=O) groups excluding carboxylic acids is 2. The van der Waals surface area contributed by atoms with Crippen LogP contribution in [0.4, 0.5) is 0 Å². The first-order valence-electron chi connectivity index (χ1n) is 6.65. The van der Waals surface area contributed by atoms with E-state index >= 15 is 0 Å². The number of esters is 2. The van der Waals surface area contributed by atoms with Crippen LogP contribution in [-0.4, -0.2) is 25.7 Å². The molecule has 0 aliphatic rings. The van der Waals surface area contributed by atoms with E-state index in [9.17, 15) is 9.59 Å². The molecular formula is C16H20O4. The molecule has 1 aromatic carbocycles. The summed E-state index contributed by atoms with van der Waals surface area (Å²) in [5.41, 5.74) is 2.10. The zero-order chi connectivity index (χ0) is 15.0. The third-order valence-corrected chi connectivity index (χ3v) is 2.91. The van der Waals surface area contributed by atoms with E-state index in [1.54, 1.807) is 6.92 Å². The summed E-state index contributed by atoms with van der Waals surface area (Å²) in [5, 5.41) is 0. The number of ether oxygens (including phenoxy) is 2. The van der Waals surface area contributed by atoms with Gasteiger partial charge in [-0.1, -0.05) is 37.3 Å². The molecule has 0 saturated carbocycles. The van der Waals surface area contributed by atoms with E-state index < -0.39 is 11.9 Å². The quantitative estimate of drug-likeness (QED) is 0.592. The van der Waals surface area contributed by atoms with Crippen molar-refractivity contribution in [1.29, 1.82) is 0 Å². The Kier molecular flexibility index (Phi) is 6.50. The van der Waals surface area contributed by atoms with Crippen molar-refractivity contribution in [3.05, 3.63) is 41.5 Å². The van der Waals surface area contributed by atoms with Crippen LogP contribution in [0.2, 0.25) is 0 Å². The van der Waals surface area contributed by atoms with Crippen LogP contribution in [0.5, 0.6) is 0 Å². The number of methoxy groups -OCH3 is 1. The summed E-state index contributed by atoms with van der Waals surface area (Å²) in [6.45, 7) is 3.95. The Morgan fingerprint density at radius 3 is 2.25 bits per heavy atom. The van der Waals surface area contributed by atoms with Crippen molar-refractivity contribution in [2.24, 2.45) is 0 Å². The average molecular weight is 276 g/mol. The number of rotatable bonds is 6. The lowest BCUT2D eigenvalue weighted by Crippen LogP contribution is -2.14. The molecule has 20 heavy (non-hydrogen) atoms. The first-order chi connectivity index (χ1) is 9.63. The van der Waals surface area contributed by atoms with E-state index in [4.69, 9.17) is 4.74 Å². The topological polar surface area (TPSA) is 52.6 Å². The van der Waals surface area contributed by atoms with Gasteiger partial charge in [0.25, 0.3) is 0 Å². The number of hydrogen-bond acceptors (Lipinski definition) is 4. The third kappa shape index (κ3) is 4.23. The van der Waals surface area contributed by atoms with Crippen LogP contribution < -0.4 is 0 Å². The number of allylic oxidation sites excluding steroid dienone is 1. The van der Waals surface area contributed by atoms with Crippen LogP contribution in [0.1, 0.15) is 32.3 Å². The molecule has 0 radical (unpaired) electrons. The van der Waals surface area contributed by atoms with Crippen molar-refractivity contribution in [1.82, 2.24) is 0 Å². The number of carbonyl (C=O) groups is 2. The standard InChI is InChI=1S/C16H20O4/c1-4-13(12-9-7-6-8-10-12)14(11-15(17)19-3)16(18)20-5-2/h6-10H,4-5,11H2,1-3H3/b14-13+. The summed E-state index contributed by atoms with van der Waals surface area (Å²) in [6.07, 6.45) is 0.558. The monoisotopic (exact) mass is 276 g/mol. The highest BCUT2D eigenvalue weighted by Crippen LogP contribution is 2.25. The van der Waals surface area contributed by atoms with Gasteiger partial charge in [0.05, 0.1) is 25.7 Å². The van der Waals surface area contributed by atoms with Gasteiger partial charge in [0.1, 0.15) is 0 Å². The maximum Gasteiger partial charge on any atom is 0.334 e. The predicted octanol–water partition coefficient (Wildman–Crippen LogP) is 2.98. The maximum atomic E-state index is 12.1. The first kappa shape index (κ1) is 16.0. The van der Waals surface area contributed by atoms with Crippen molar-refractivity contribution in [3.63, 3.8) is 0 Å². The fraction of sp³-hybridized carbons (Fsp3) is 0.375. The van der Waals surface area contributed by atoms with Crippen LogP contribution in [0.3, 0.4) is 0 Å². The average Bonchev–Trinajstić information content (AvgIpc) is 2.48. The smallest absolute Gasteiger partial charge is 0.334 e. The summed E-state index contributed by atoms with van der Waals surface area (Å²) in [6, 6.07) is 9.52. The van der Waals surface area contributed by atoms with E-state index in [0.717, 1.165) is 11.1 Å². The van der Waals surface area contributed by atoms with Gasteiger partial charge in [-0.3, -0.25) is 4.79 Å². The molecule has 0 aliphatic heterocycles. The molecule has 0 saturated heterocycles. The first-order valence-corrected chi connectivity index (χ1v) is 6.65. The SMILES string of the molecule is CCOC(=O)/C(CC(=O)OC)=C(\CC)c1ccccc1. The molecular weight excluding hydrogens is 256 g/mol. The van der Waals surface area contributed by atoms with Crippen LogP contribution in [-0.2, 0) is 19.1 Å². The second-order valence-electron chi connectivity index (χ2n) is 4.15. The molecule has 0 aromatic heterocycles. The molecule has 0 spiro atoms. The van der Waals surface area contributed by atoms with Gasteiger partial charge in [-0.15, -0.1) is 0 Å². The van der Waals surface area contributed by atoms with Crippen molar-refractivity contribution in [2.75, 3.05) is 13.7 Å². The summed E-state index contributed by atoms with van der Waals surface area (Å²) >= 11 is 0. The predicted molar refractivity (Wildman–Crippen MR) is 76.9 cm³/mol. The summed E-state index contributed by atoms with van der Waals surface area (Å²) < 4.78 is 9.71. The lowest BCUT2D eigenvalue weighted by atomic mass is 9.95. The zero-order valence-electron chi connectivity index (χ0n) is 12.1. The number of hydrogen-bond donors (Lipinski definition) is 0. The van der Waals surface area contributed by atoms with Crippen LogP contribution in [0, 0.1) is 0 Å². The normalized spacial score (nSPS) is 11.6. The van der Waals surface area contributed by atoms with Crippen molar-refractivity contribution < 1.29 is 19.1 Å². The van der Waals surface area contributed by atoms with E-state index in [2.05, 4.69) is 4.74 Å². The molecule has 0 fully saturated rings. The van der Waals surface area contributed by atoms with Crippen LogP contribution in [0.25, 0.3) is 5.57 Å². The second kappa shape index (κ2) is 8.15. The lowest BCUT2D eigenvalue weighted by Gasteiger charge is -2.13. The summed E-state index contributed by atoms with van der Waals surface area (Å²) in [4.78, 5) is 23.6. The highest BCUT2D eigenvalue weighted by Gasteiger charge is 2.20. The van der Waals surface area contributed by atoms with E-state index in [1.807, 2.05) is 37.3 Å². The Balaban J connectivity index is 3.24. The van der Waals surface area contributed by atoms with Gasteiger partial charge in [-0.2, -0.15) is 0 Å². The fourth-order valence-electron chi connectivity index (χ4n) is 1.97. The van der Waals surface area contributed by atoms with Crippen LogP contribution >= 0.6 is 0 Å². The van der Waals surface area contributed by atoms with Gasteiger partial charge in [-0.25, -0.2) is 4.79 Å². The molecule has 1 rings (SSSR count). The Morgan fingerprint density at radius 2 is 1.75 bits per heavy atom. The molecule has 0 bridgehead atoms. The minimum Gasteiger partial charge on any atom is -0.469 e. The largest absolute Gasteiger partial charge is 0.469 e. The van der Waals surface area contributed by atoms with Gasteiger partial charge in [0.2, 0.25) is 0 Å². The molecule has 0 aliphatic carbocycles. The van der Waals surface area contributed by atoms with Gasteiger partial charge < -0.3 is 9.47 Å². The van der Waals surface area contributed by atoms with Gasteiger partial charge in [0, 0.05) is 0 Å². The van der Waals surface area contributed by atoms with Gasteiger partial charge in [0.15, 0.2) is 0 Å². The van der Waals surface area contributed by atoms with Crippen molar-refractivity contribution in [3.8, 4) is 0 Å². The third-order valence-electron chi connectivity index (χ3n) is 2.91.